The molecule has 1 unspecified atom stereocenters. The number of para-hydroxylation sites is 1. The summed E-state index contributed by atoms with van der Waals surface area (Å²) in [5.74, 6) is -4.21. The third-order valence-corrected chi connectivity index (χ3v) is 10.8. The van der Waals surface area contributed by atoms with Crippen molar-refractivity contribution in [3.05, 3.63) is 102 Å². The first kappa shape index (κ1) is 43.9. The van der Waals surface area contributed by atoms with Crippen molar-refractivity contribution in [2.45, 2.75) is 95.5 Å². The van der Waals surface area contributed by atoms with Crippen LogP contribution in [-0.4, -0.2) is 100 Å². The number of likely N-dealkylation sites (N-methyl/N-ethyl adjacent to an activating group) is 1. The lowest BCUT2D eigenvalue weighted by molar-refractivity contribution is -0.143. The van der Waals surface area contributed by atoms with E-state index in [9.17, 15) is 33.9 Å². The Morgan fingerprint density at radius 1 is 0.644 bits per heavy atom. The summed E-state index contributed by atoms with van der Waals surface area (Å²) in [6.45, 7) is 5.38. The van der Waals surface area contributed by atoms with Crippen LogP contribution in [0.1, 0.15) is 56.7 Å². The van der Waals surface area contributed by atoms with E-state index in [2.05, 4.69) is 31.6 Å². The summed E-state index contributed by atoms with van der Waals surface area (Å²) in [4.78, 5) is 89.8. The van der Waals surface area contributed by atoms with Gasteiger partial charge in [-0.1, -0.05) is 74.5 Å². The number of phenols is 1. The van der Waals surface area contributed by atoms with E-state index in [0.29, 0.717) is 24.9 Å². The van der Waals surface area contributed by atoms with Gasteiger partial charge in [-0.3, -0.25) is 28.8 Å². The molecule has 0 bridgehead atoms. The number of benzene rings is 3. The Bertz CT molecular complexity index is 2090. The number of nitrogens with zero attached hydrogens (tertiary/aromatic N) is 1. The molecule has 9 N–H and O–H groups in total. The number of hydrogen-bond acceptors (Lipinski definition) is 8. The standard InChI is InChI=1S/C44H56N8O7/c1-26(2)38-43(58)50-37(23-28-12-6-5-7-13-28)44(59)52(4)27(3)39(54)48-35(22-29-17-19-31(53)20-18-29)41(56)49-36(24-30-25-46-33-15-9-8-14-32(30)33)42(57)47-34(40(55)51-38)16-10-11-21-45/h5-9,12-15,17-20,25-27,34-38,46,53H,10-11,16,21-24,45H2,1-4H3,(H,47,57)(H,48,54)(H,49,56)(H,50,58)(H,51,55)/t27-,34-,35-,36+,37-,38?/m0/s1. The van der Waals surface area contributed by atoms with Crippen molar-refractivity contribution in [3.63, 3.8) is 0 Å². The number of unbranched alkanes of at least 4 members (excludes halogenated alkanes) is 1. The Balaban J connectivity index is 1.57. The maximum atomic E-state index is 14.4. The van der Waals surface area contributed by atoms with E-state index in [1.54, 1.807) is 32.2 Å². The Kier molecular flexibility index (Phi) is 15.2. The van der Waals surface area contributed by atoms with Crippen LogP contribution in [0.15, 0.2) is 85.1 Å². The molecule has 0 radical (unpaired) electrons. The molecule has 5 rings (SSSR count). The number of aromatic amines is 1. The third-order valence-electron chi connectivity index (χ3n) is 10.8. The zero-order chi connectivity index (χ0) is 42.6. The summed E-state index contributed by atoms with van der Waals surface area (Å²) in [6.07, 6.45) is 3.06. The van der Waals surface area contributed by atoms with E-state index >= 15 is 0 Å². The van der Waals surface area contributed by atoms with Crippen molar-refractivity contribution in [1.82, 2.24) is 36.5 Å². The van der Waals surface area contributed by atoms with E-state index in [1.807, 2.05) is 54.6 Å². The number of aromatic hydroxyl groups is 1. The van der Waals surface area contributed by atoms with E-state index in [1.165, 1.54) is 31.0 Å². The monoisotopic (exact) mass is 808 g/mol. The van der Waals surface area contributed by atoms with Gasteiger partial charge in [-0.2, -0.15) is 0 Å². The van der Waals surface area contributed by atoms with Gasteiger partial charge in [-0.15, -0.1) is 0 Å². The fourth-order valence-corrected chi connectivity index (χ4v) is 7.12. The number of amides is 6. The van der Waals surface area contributed by atoms with Gasteiger partial charge in [0.1, 0.15) is 42.0 Å². The lowest BCUT2D eigenvalue weighted by Crippen LogP contribution is -2.62. The molecule has 1 saturated heterocycles. The Hall–Kier alpha value is -6.22. The number of nitrogens with two attached hydrogens (primary N) is 1. The molecule has 1 aliphatic heterocycles. The lowest BCUT2D eigenvalue weighted by Gasteiger charge is -2.32. The molecule has 6 amide bonds. The molecule has 15 nitrogen and oxygen atoms in total. The van der Waals surface area contributed by atoms with Gasteiger partial charge in [-0.05, 0) is 73.5 Å². The molecule has 2 heterocycles. The number of carbonyl (C=O) groups is 6. The van der Waals surface area contributed by atoms with Crippen LogP contribution in [0, 0.1) is 5.92 Å². The summed E-state index contributed by atoms with van der Waals surface area (Å²) in [5, 5.41) is 24.9. The number of aromatic nitrogens is 1. The number of H-pyrrole nitrogens is 1. The van der Waals surface area contributed by atoms with Crippen LogP contribution in [0.2, 0.25) is 0 Å². The number of phenolic OH excluding ortho intramolecular Hbond substituents is 1. The van der Waals surface area contributed by atoms with Gasteiger partial charge in [0.05, 0.1) is 0 Å². The second-order valence-electron chi connectivity index (χ2n) is 15.5. The minimum atomic E-state index is -1.24. The van der Waals surface area contributed by atoms with Crippen molar-refractivity contribution in [2.24, 2.45) is 11.7 Å². The van der Waals surface area contributed by atoms with Gasteiger partial charge in [-0.25, -0.2) is 0 Å². The first-order chi connectivity index (χ1) is 28.2. The molecule has 0 saturated carbocycles. The molecule has 0 aliphatic carbocycles. The third kappa shape index (κ3) is 11.7. The van der Waals surface area contributed by atoms with Crippen LogP contribution in [0.3, 0.4) is 0 Å². The van der Waals surface area contributed by atoms with Gasteiger partial charge < -0.3 is 47.3 Å². The molecule has 4 aromatic rings. The van der Waals surface area contributed by atoms with E-state index in [-0.39, 0.29) is 31.4 Å². The zero-order valence-electron chi connectivity index (χ0n) is 34.0. The molecular weight excluding hydrogens is 753 g/mol. The normalized spacial score (nSPS) is 22.8. The molecule has 59 heavy (non-hydrogen) atoms. The zero-order valence-corrected chi connectivity index (χ0v) is 34.0. The molecule has 6 atom stereocenters. The molecule has 314 valence electrons. The SMILES string of the molecule is CC(C)C1NC(=O)[C@H](CCCCN)NC(=O)[C@@H](Cc2c[nH]c3ccccc23)NC(=O)[C@H](Cc2ccc(O)cc2)NC(=O)[C@H](C)N(C)C(=O)[C@H](Cc2ccccc2)NC1=O. The second-order valence-corrected chi connectivity index (χ2v) is 15.5. The summed E-state index contributed by atoms with van der Waals surface area (Å²) in [5.41, 5.74) is 8.68. The van der Waals surface area contributed by atoms with Crippen molar-refractivity contribution in [3.8, 4) is 5.75 Å². The summed E-state index contributed by atoms with van der Waals surface area (Å²) < 4.78 is 0. The Morgan fingerprint density at radius 3 is 1.88 bits per heavy atom. The molecule has 15 heteroatoms. The van der Waals surface area contributed by atoms with Crippen LogP contribution in [-0.2, 0) is 48.0 Å². The maximum absolute atomic E-state index is 14.4. The van der Waals surface area contributed by atoms with Gasteiger partial charge >= 0.3 is 0 Å². The number of hydrogen-bond donors (Lipinski definition) is 8. The highest BCUT2D eigenvalue weighted by molar-refractivity contribution is 5.98. The first-order valence-electron chi connectivity index (χ1n) is 20.1. The number of rotatable bonds is 11. The smallest absolute Gasteiger partial charge is 0.245 e. The molecule has 0 spiro atoms. The van der Waals surface area contributed by atoms with E-state index in [0.717, 1.165) is 22.0 Å². The highest BCUT2D eigenvalue weighted by Crippen LogP contribution is 2.20. The maximum Gasteiger partial charge on any atom is 0.245 e. The van der Waals surface area contributed by atoms with Crippen LogP contribution >= 0.6 is 0 Å². The average Bonchev–Trinajstić information content (AvgIpc) is 3.63. The number of carbonyl (C=O) groups excluding carboxylic acids is 6. The van der Waals surface area contributed by atoms with Crippen molar-refractivity contribution < 1.29 is 33.9 Å². The summed E-state index contributed by atoms with van der Waals surface area (Å²) >= 11 is 0. The number of nitrogens with one attached hydrogen (secondary N) is 6. The number of fused-ring (bicyclic) bond motifs is 1. The average molecular weight is 809 g/mol. The predicted molar refractivity (Wildman–Crippen MR) is 224 cm³/mol. The fraction of sp³-hybridized carbons (Fsp3) is 0.409. The first-order valence-corrected chi connectivity index (χ1v) is 20.1. The quantitative estimate of drug-likeness (QED) is 0.104. The molecule has 3 aromatic carbocycles. The van der Waals surface area contributed by atoms with Gasteiger partial charge in [0.15, 0.2) is 0 Å². The molecular formula is C44H56N8O7. The van der Waals surface area contributed by atoms with Gasteiger partial charge in [0, 0.05) is 43.4 Å². The Labute approximate surface area is 344 Å². The van der Waals surface area contributed by atoms with E-state index < -0.39 is 77.6 Å². The van der Waals surface area contributed by atoms with Gasteiger partial charge in [0.2, 0.25) is 35.4 Å². The van der Waals surface area contributed by atoms with Crippen molar-refractivity contribution in [2.75, 3.05) is 13.6 Å². The summed E-state index contributed by atoms with van der Waals surface area (Å²) in [7, 11) is 1.44. The lowest BCUT2D eigenvalue weighted by atomic mass is 9.98. The largest absolute Gasteiger partial charge is 0.508 e. The van der Waals surface area contributed by atoms with Crippen molar-refractivity contribution in [1.29, 1.82) is 0 Å². The van der Waals surface area contributed by atoms with Crippen LogP contribution in [0.25, 0.3) is 10.9 Å². The van der Waals surface area contributed by atoms with E-state index in [4.69, 9.17) is 5.73 Å². The minimum absolute atomic E-state index is 0.0121. The van der Waals surface area contributed by atoms with Crippen molar-refractivity contribution >= 4 is 46.3 Å². The topological polar surface area (TPSA) is 228 Å². The van der Waals surface area contributed by atoms with Crippen LogP contribution in [0.4, 0.5) is 0 Å². The predicted octanol–water partition coefficient (Wildman–Crippen LogP) is 1.97. The van der Waals surface area contributed by atoms with Crippen LogP contribution in [0.5, 0.6) is 5.75 Å². The fourth-order valence-electron chi connectivity index (χ4n) is 7.12. The highest BCUT2D eigenvalue weighted by Gasteiger charge is 2.37. The minimum Gasteiger partial charge on any atom is -0.508 e. The van der Waals surface area contributed by atoms with Gasteiger partial charge in [0.25, 0.3) is 0 Å². The summed E-state index contributed by atoms with van der Waals surface area (Å²) in [6, 6.07) is 15.8. The second kappa shape index (κ2) is 20.5. The van der Waals surface area contributed by atoms with Crippen LogP contribution < -0.4 is 32.3 Å². The molecule has 1 fully saturated rings. The Morgan fingerprint density at radius 2 is 1.20 bits per heavy atom. The molecule has 1 aromatic heterocycles. The molecule has 1 aliphatic rings. The highest BCUT2D eigenvalue weighted by atomic mass is 16.3.